The average Bonchev–Trinajstić information content (AvgIpc) is 2.90. The first kappa shape index (κ1) is 18.0. The van der Waals surface area contributed by atoms with Gasteiger partial charge in [-0.25, -0.2) is 13.2 Å². The maximum absolute atomic E-state index is 12.3. The van der Waals surface area contributed by atoms with E-state index in [9.17, 15) is 13.2 Å². The van der Waals surface area contributed by atoms with Crippen molar-refractivity contribution in [3.05, 3.63) is 17.9 Å². The predicted molar refractivity (Wildman–Crippen MR) is 77.9 cm³/mol. The van der Waals surface area contributed by atoms with Crippen molar-refractivity contribution in [2.45, 2.75) is 30.9 Å². The lowest BCUT2D eigenvalue weighted by atomic mass is 10.1. The maximum atomic E-state index is 12.3. The van der Waals surface area contributed by atoms with Crippen molar-refractivity contribution in [1.82, 2.24) is 4.31 Å². The molecule has 1 fully saturated rings. The Labute approximate surface area is 129 Å². The van der Waals surface area contributed by atoms with E-state index in [1.807, 2.05) is 0 Å². The number of sulfonamides is 1. The minimum atomic E-state index is -3.71. The summed E-state index contributed by atoms with van der Waals surface area (Å²) in [6, 6.07) is 2.62. The molecule has 9 heteroatoms. The second-order valence-corrected chi connectivity index (χ2v) is 6.45. The number of furan rings is 1. The molecule has 0 aromatic carbocycles. The summed E-state index contributed by atoms with van der Waals surface area (Å²) in [5.41, 5.74) is 5.75. The molecule has 0 aliphatic carbocycles. The monoisotopic (exact) mass is 338 g/mol. The summed E-state index contributed by atoms with van der Waals surface area (Å²) in [7, 11) is -3.71. The number of nitrogens with zero attached hydrogens (tertiary/aromatic N) is 1. The number of halogens is 1. The van der Waals surface area contributed by atoms with Crippen molar-refractivity contribution >= 4 is 28.4 Å². The van der Waals surface area contributed by atoms with E-state index in [1.54, 1.807) is 6.92 Å². The van der Waals surface area contributed by atoms with E-state index < -0.39 is 16.0 Å². The number of hydrogen-bond acceptors (Lipinski definition) is 6. The molecule has 0 bridgehead atoms. The Bertz CT molecular complexity index is 578. The number of esters is 1. The van der Waals surface area contributed by atoms with Crippen LogP contribution < -0.4 is 5.73 Å². The van der Waals surface area contributed by atoms with Crippen LogP contribution in [0.15, 0.2) is 21.6 Å². The SMILES string of the molecule is CCOC(=O)c1ccc(S(=O)(=O)N2CCC(N)CC2)o1.Cl. The third kappa shape index (κ3) is 3.97. The smallest absolute Gasteiger partial charge is 0.374 e. The summed E-state index contributed by atoms with van der Waals surface area (Å²) in [6.45, 7) is 2.58. The van der Waals surface area contributed by atoms with Gasteiger partial charge in [0.05, 0.1) is 6.61 Å². The summed E-state index contributed by atoms with van der Waals surface area (Å²) in [6.07, 6.45) is 1.23. The van der Waals surface area contributed by atoms with Gasteiger partial charge in [-0.05, 0) is 31.9 Å². The molecule has 0 amide bonds. The zero-order valence-corrected chi connectivity index (χ0v) is 13.3. The number of hydrogen-bond donors (Lipinski definition) is 1. The highest BCUT2D eigenvalue weighted by molar-refractivity contribution is 7.89. The summed E-state index contributed by atoms with van der Waals surface area (Å²) >= 11 is 0. The normalized spacial score (nSPS) is 17.2. The molecule has 2 N–H and O–H groups in total. The Balaban J connectivity index is 0.00000220. The summed E-state index contributed by atoms with van der Waals surface area (Å²) in [5.74, 6) is -0.784. The summed E-state index contributed by atoms with van der Waals surface area (Å²) in [5, 5.41) is -0.240. The molecule has 1 saturated heterocycles. The van der Waals surface area contributed by atoms with Crippen molar-refractivity contribution in [3.8, 4) is 0 Å². The molecule has 0 atom stereocenters. The van der Waals surface area contributed by atoms with E-state index in [2.05, 4.69) is 0 Å². The maximum Gasteiger partial charge on any atom is 0.374 e. The Kier molecular flexibility index (Phi) is 6.21. The number of piperidine rings is 1. The molecular weight excluding hydrogens is 320 g/mol. The Morgan fingerprint density at radius 2 is 2.05 bits per heavy atom. The lowest BCUT2D eigenvalue weighted by molar-refractivity contribution is 0.0483. The van der Waals surface area contributed by atoms with Crippen molar-refractivity contribution in [2.75, 3.05) is 19.7 Å². The highest BCUT2D eigenvalue weighted by Crippen LogP contribution is 2.22. The van der Waals surface area contributed by atoms with Gasteiger partial charge in [0.15, 0.2) is 0 Å². The molecule has 7 nitrogen and oxygen atoms in total. The molecule has 0 radical (unpaired) electrons. The van der Waals surface area contributed by atoms with E-state index in [0.717, 1.165) is 0 Å². The molecular formula is C12H19ClN2O5S. The van der Waals surface area contributed by atoms with Crippen LogP contribution in [-0.4, -0.2) is 44.4 Å². The van der Waals surface area contributed by atoms with Crippen LogP contribution >= 0.6 is 12.4 Å². The molecule has 0 saturated carbocycles. The van der Waals surface area contributed by atoms with Gasteiger partial charge in [-0.2, -0.15) is 4.31 Å². The molecule has 0 unspecified atom stereocenters. The zero-order chi connectivity index (χ0) is 14.8. The van der Waals surface area contributed by atoms with Gasteiger partial charge in [-0.1, -0.05) is 0 Å². The quantitative estimate of drug-likeness (QED) is 0.821. The summed E-state index contributed by atoms with van der Waals surface area (Å²) < 4.78 is 35.8. The van der Waals surface area contributed by atoms with Crippen molar-refractivity contribution < 1.29 is 22.4 Å². The number of carbonyl (C=O) groups is 1. The van der Waals surface area contributed by atoms with Crippen LogP contribution in [0, 0.1) is 0 Å². The molecule has 2 heterocycles. The molecule has 120 valence electrons. The Morgan fingerprint density at radius 1 is 1.43 bits per heavy atom. The fourth-order valence-corrected chi connectivity index (χ4v) is 3.40. The van der Waals surface area contributed by atoms with Gasteiger partial charge in [0.2, 0.25) is 10.9 Å². The standard InChI is InChI=1S/C12H18N2O5S.ClH/c1-2-18-12(15)10-3-4-11(19-10)20(16,17)14-7-5-9(13)6-8-14;/h3-4,9H,2,5-8,13H2,1H3;1H. The van der Waals surface area contributed by atoms with Gasteiger partial charge in [0, 0.05) is 19.1 Å². The second-order valence-electron chi connectivity index (χ2n) is 4.58. The van der Waals surface area contributed by atoms with Crippen molar-refractivity contribution in [1.29, 1.82) is 0 Å². The average molecular weight is 339 g/mol. The van der Waals surface area contributed by atoms with Crippen LogP contribution in [-0.2, 0) is 14.8 Å². The van der Waals surface area contributed by atoms with Gasteiger partial charge in [0.1, 0.15) is 0 Å². The van der Waals surface area contributed by atoms with E-state index in [0.29, 0.717) is 25.9 Å². The van der Waals surface area contributed by atoms with Gasteiger partial charge < -0.3 is 14.9 Å². The predicted octanol–water partition coefficient (Wildman–Crippen LogP) is 0.990. The zero-order valence-electron chi connectivity index (χ0n) is 11.6. The minimum absolute atomic E-state index is 0. The molecule has 0 spiro atoms. The molecule has 1 aliphatic rings. The first-order chi connectivity index (χ1) is 9.45. The highest BCUT2D eigenvalue weighted by atomic mass is 35.5. The molecule has 1 aromatic rings. The van der Waals surface area contributed by atoms with Crippen LogP contribution in [0.4, 0.5) is 0 Å². The topological polar surface area (TPSA) is 103 Å². The number of ether oxygens (including phenoxy) is 1. The van der Waals surface area contributed by atoms with Gasteiger partial charge >= 0.3 is 5.97 Å². The number of rotatable bonds is 4. The van der Waals surface area contributed by atoms with Crippen LogP contribution in [0.3, 0.4) is 0 Å². The van der Waals surface area contributed by atoms with Crippen molar-refractivity contribution in [3.63, 3.8) is 0 Å². The Morgan fingerprint density at radius 3 is 2.62 bits per heavy atom. The fraction of sp³-hybridized carbons (Fsp3) is 0.583. The van der Waals surface area contributed by atoms with Crippen LogP contribution in [0.5, 0.6) is 0 Å². The third-order valence-corrected chi connectivity index (χ3v) is 4.92. The molecule has 1 aromatic heterocycles. The van der Waals surface area contributed by atoms with Crippen LogP contribution in [0.25, 0.3) is 0 Å². The lowest BCUT2D eigenvalue weighted by Gasteiger charge is -2.28. The molecule has 21 heavy (non-hydrogen) atoms. The Hall–Kier alpha value is -1.09. The molecule has 1 aliphatic heterocycles. The van der Waals surface area contributed by atoms with E-state index >= 15 is 0 Å². The number of carbonyl (C=O) groups excluding carboxylic acids is 1. The first-order valence-electron chi connectivity index (χ1n) is 6.48. The van der Waals surface area contributed by atoms with Gasteiger partial charge in [0.25, 0.3) is 10.0 Å². The summed E-state index contributed by atoms with van der Waals surface area (Å²) in [4.78, 5) is 11.5. The number of nitrogens with two attached hydrogens (primary N) is 1. The van der Waals surface area contributed by atoms with Crippen molar-refractivity contribution in [2.24, 2.45) is 5.73 Å². The fourth-order valence-electron chi connectivity index (χ4n) is 2.01. The first-order valence-corrected chi connectivity index (χ1v) is 7.92. The van der Waals surface area contributed by atoms with E-state index in [-0.39, 0.29) is 35.9 Å². The largest absolute Gasteiger partial charge is 0.460 e. The lowest BCUT2D eigenvalue weighted by Crippen LogP contribution is -2.42. The van der Waals surface area contributed by atoms with Gasteiger partial charge in [-0.3, -0.25) is 0 Å². The van der Waals surface area contributed by atoms with Crippen LogP contribution in [0.1, 0.15) is 30.3 Å². The second kappa shape index (κ2) is 7.26. The van der Waals surface area contributed by atoms with E-state index in [1.165, 1.54) is 16.4 Å². The molecule has 2 rings (SSSR count). The third-order valence-electron chi connectivity index (χ3n) is 3.15. The van der Waals surface area contributed by atoms with Gasteiger partial charge in [-0.15, -0.1) is 12.4 Å². The van der Waals surface area contributed by atoms with Crippen LogP contribution in [0.2, 0.25) is 0 Å². The van der Waals surface area contributed by atoms with E-state index in [4.69, 9.17) is 14.9 Å². The minimum Gasteiger partial charge on any atom is -0.460 e. The highest BCUT2D eigenvalue weighted by Gasteiger charge is 2.31.